The maximum atomic E-state index is 13.7. The maximum absolute atomic E-state index is 13.7. The molecule has 0 aliphatic carbocycles. The molecule has 2 aromatic heterocycles. The van der Waals surface area contributed by atoms with Crippen LogP contribution in [0.15, 0.2) is 42.0 Å². The topological polar surface area (TPSA) is 91.0 Å². The van der Waals surface area contributed by atoms with Crippen molar-refractivity contribution in [2.45, 2.75) is 65.1 Å². The molecule has 35 heavy (non-hydrogen) atoms. The third-order valence-electron chi connectivity index (χ3n) is 6.98. The molecule has 8 nitrogen and oxygen atoms in total. The van der Waals surface area contributed by atoms with Crippen molar-refractivity contribution in [2.24, 2.45) is 10.7 Å². The van der Waals surface area contributed by atoms with Crippen molar-refractivity contribution >= 4 is 23.4 Å². The Kier molecular flexibility index (Phi) is 7.50. The van der Waals surface area contributed by atoms with Crippen LogP contribution in [0.25, 0.3) is 0 Å². The number of fused-ring (bicyclic) bond motifs is 1. The summed E-state index contributed by atoms with van der Waals surface area (Å²) in [6, 6.07) is 7.84. The number of rotatable bonds is 8. The largest absolute Gasteiger partial charge is 0.354 e. The molecule has 0 spiro atoms. The predicted octanol–water partition coefficient (Wildman–Crippen LogP) is 4.27. The van der Waals surface area contributed by atoms with E-state index in [0.717, 1.165) is 61.7 Å². The first kappa shape index (κ1) is 24.9. The molecule has 186 valence electrons. The Morgan fingerprint density at radius 2 is 2.14 bits per heavy atom. The molecule has 0 bridgehead atoms. The Balaban J connectivity index is 1.72. The van der Waals surface area contributed by atoms with Crippen molar-refractivity contribution in [3.63, 3.8) is 0 Å². The Labute approximate surface area is 208 Å². The molecule has 2 aromatic rings. The zero-order valence-corrected chi connectivity index (χ0v) is 21.4. The number of carbonyl (C=O) groups is 1. The first-order valence-electron chi connectivity index (χ1n) is 12.6. The van der Waals surface area contributed by atoms with Crippen LogP contribution >= 0.6 is 0 Å². The summed E-state index contributed by atoms with van der Waals surface area (Å²) in [7, 11) is 1.75. The van der Waals surface area contributed by atoms with Gasteiger partial charge in [0.2, 0.25) is 0 Å². The fourth-order valence-electron chi connectivity index (χ4n) is 5.03. The molecule has 2 atom stereocenters. The zero-order valence-electron chi connectivity index (χ0n) is 21.4. The number of carbonyl (C=O) groups excluding carboxylic acids is 1. The average molecular weight is 476 g/mol. The van der Waals surface area contributed by atoms with E-state index in [2.05, 4.69) is 37.2 Å². The summed E-state index contributed by atoms with van der Waals surface area (Å²) in [5.41, 5.74) is 9.62. The molecule has 1 saturated heterocycles. The van der Waals surface area contributed by atoms with Gasteiger partial charge in [-0.05, 0) is 57.0 Å². The highest BCUT2D eigenvalue weighted by Gasteiger charge is 2.35. The molecule has 8 heteroatoms. The van der Waals surface area contributed by atoms with Crippen LogP contribution < -0.4 is 15.5 Å². The molecule has 2 aliphatic heterocycles. The number of amidine groups is 1. The standard InChI is InChI=1S/C27H37N7O/c1-6-14-32(8-3)26(29-5)22-12-9-13-23(30-22)34-17-20-19(27(34)35)16-24(31-25(20)21(28)7-2)33-15-10-11-18(33)4/h8-9,12-13,16,18,21H,3,6-7,10-11,14-15,17,28H2,1-2,4-5H3/t18-,21+/m1/s1. The van der Waals surface area contributed by atoms with Gasteiger partial charge in [-0.25, -0.2) is 9.97 Å². The van der Waals surface area contributed by atoms with Crippen LogP contribution in [0.3, 0.4) is 0 Å². The second kappa shape index (κ2) is 10.6. The number of amides is 1. The number of nitrogens with zero attached hydrogens (tertiary/aromatic N) is 6. The Morgan fingerprint density at radius 1 is 1.34 bits per heavy atom. The van der Waals surface area contributed by atoms with Crippen LogP contribution in [-0.2, 0) is 6.54 Å². The van der Waals surface area contributed by atoms with Gasteiger partial charge in [0, 0.05) is 37.8 Å². The molecule has 1 amide bonds. The van der Waals surface area contributed by atoms with Crippen molar-refractivity contribution in [1.82, 2.24) is 14.9 Å². The second-order valence-corrected chi connectivity index (χ2v) is 9.29. The van der Waals surface area contributed by atoms with Gasteiger partial charge in [-0.3, -0.25) is 14.7 Å². The number of aliphatic imine (C=N–C) groups is 1. The Bertz CT molecular complexity index is 1130. The van der Waals surface area contributed by atoms with E-state index in [1.807, 2.05) is 29.2 Å². The lowest BCUT2D eigenvalue weighted by Crippen LogP contribution is -2.29. The number of hydrogen-bond acceptors (Lipinski definition) is 6. The van der Waals surface area contributed by atoms with Crippen molar-refractivity contribution in [3.05, 3.63) is 59.6 Å². The Morgan fingerprint density at radius 3 is 2.77 bits per heavy atom. The quantitative estimate of drug-likeness (QED) is 0.453. The average Bonchev–Trinajstić information content (AvgIpc) is 3.46. The third-order valence-corrected chi connectivity index (χ3v) is 6.98. The van der Waals surface area contributed by atoms with Crippen LogP contribution in [0.5, 0.6) is 0 Å². The minimum Gasteiger partial charge on any atom is -0.354 e. The lowest BCUT2D eigenvalue weighted by atomic mass is 10.0. The van der Waals surface area contributed by atoms with Crippen LogP contribution in [0.1, 0.15) is 79.8 Å². The van der Waals surface area contributed by atoms with Gasteiger partial charge in [-0.1, -0.05) is 26.5 Å². The minimum atomic E-state index is -0.220. The fourth-order valence-corrected chi connectivity index (χ4v) is 5.03. The first-order valence-corrected chi connectivity index (χ1v) is 12.6. The van der Waals surface area contributed by atoms with Gasteiger partial charge >= 0.3 is 0 Å². The predicted molar refractivity (Wildman–Crippen MR) is 142 cm³/mol. The summed E-state index contributed by atoms with van der Waals surface area (Å²) >= 11 is 0. The summed E-state index contributed by atoms with van der Waals surface area (Å²) in [6.45, 7) is 12.4. The van der Waals surface area contributed by atoms with Gasteiger partial charge in [0.15, 0.2) is 5.84 Å². The lowest BCUT2D eigenvalue weighted by Gasteiger charge is -2.25. The highest BCUT2D eigenvalue weighted by molar-refractivity contribution is 6.10. The second-order valence-electron chi connectivity index (χ2n) is 9.29. The normalized spacial score (nSPS) is 18.7. The number of hydrogen-bond donors (Lipinski definition) is 1. The molecule has 4 heterocycles. The molecule has 4 rings (SSSR count). The molecule has 0 radical (unpaired) electrons. The van der Waals surface area contributed by atoms with Gasteiger partial charge in [-0.15, -0.1) is 0 Å². The molecule has 2 aliphatic rings. The summed E-state index contributed by atoms with van der Waals surface area (Å²) in [5.74, 6) is 2.12. The van der Waals surface area contributed by atoms with E-state index in [0.29, 0.717) is 29.7 Å². The zero-order chi connectivity index (χ0) is 25.1. The highest BCUT2D eigenvalue weighted by atomic mass is 16.2. The molecular weight excluding hydrogens is 438 g/mol. The SMILES string of the molecule is C=CN(CCC)C(=NC)c1cccc(N2Cc3c(cc(N4CCC[C@H]4C)nc3[C@@H](N)CC)C2=O)n1. The highest BCUT2D eigenvalue weighted by Crippen LogP contribution is 2.35. The van der Waals surface area contributed by atoms with Gasteiger partial charge in [0.25, 0.3) is 5.91 Å². The van der Waals surface area contributed by atoms with Crippen LogP contribution in [0.4, 0.5) is 11.6 Å². The van der Waals surface area contributed by atoms with Crippen molar-refractivity contribution in [2.75, 3.05) is 29.9 Å². The van der Waals surface area contributed by atoms with E-state index < -0.39 is 0 Å². The summed E-state index contributed by atoms with van der Waals surface area (Å²) in [5, 5.41) is 0. The summed E-state index contributed by atoms with van der Waals surface area (Å²) in [4.78, 5) is 34.0. The summed E-state index contributed by atoms with van der Waals surface area (Å²) in [6.07, 6.45) is 5.74. The van der Waals surface area contributed by atoms with E-state index >= 15 is 0 Å². The number of aromatic nitrogens is 2. The third kappa shape index (κ3) is 4.67. The molecule has 0 unspecified atom stereocenters. The monoisotopic (exact) mass is 475 g/mol. The number of nitrogens with two attached hydrogens (primary N) is 1. The van der Waals surface area contributed by atoms with E-state index in [9.17, 15) is 4.79 Å². The van der Waals surface area contributed by atoms with Gasteiger partial charge < -0.3 is 15.5 Å². The van der Waals surface area contributed by atoms with E-state index in [1.54, 1.807) is 18.1 Å². The van der Waals surface area contributed by atoms with Crippen LogP contribution in [0, 0.1) is 0 Å². The molecule has 1 fully saturated rings. The van der Waals surface area contributed by atoms with Crippen molar-refractivity contribution in [3.8, 4) is 0 Å². The molecule has 0 aromatic carbocycles. The van der Waals surface area contributed by atoms with E-state index in [1.165, 1.54) is 0 Å². The minimum absolute atomic E-state index is 0.0613. The van der Waals surface area contributed by atoms with Gasteiger partial charge in [0.05, 0.1) is 17.8 Å². The molecule has 2 N–H and O–H groups in total. The van der Waals surface area contributed by atoms with E-state index in [4.69, 9.17) is 15.7 Å². The van der Waals surface area contributed by atoms with Crippen LogP contribution in [-0.4, -0.2) is 52.8 Å². The number of pyridine rings is 2. The maximum Gasteiger partial charge on any atom is 0.260 e. The van der Waals surface area contributed by atoms with Gasteiger partial charge in [0.1, 0.15) is 17.3 Å². The Hall–Kier alpha value is -3.26. The lowest BCUT2D eigenvalue weighted by molar-refractivity contribution is 0.0996. The van der Waals surface area contributed by atoms with Crippen LogP contribution in [0.2, 0.25) is 0 Å². The first-order chi connectivity index (χ1) is 16.9. The molecular formula is C27H37N7O. The van der Waals surface area contributed by atoms with E-state index in [-0.39, 0.29) is 11.9 Å². The summed E-state index contributed by atoms with van der Waals surface area (Å²) < 4.78 is 0. The van der Waals surface area contributed by atoms with Crippen molar-refractivity contribution < 1.29 is 4.79 Å². The number of anilines is 2. The smallest absolute Gasteiger partial charge is 0.260 e. The van der Waals surface area contributed by atoms with Crippen molar-refractivity contribution in [1.29, 1.82) is 0 Å². The van der Waals surface area contributed by atoms with Gasteiger partial charge in [-0.2, -0.15) is 0 Å². The molecule has 0 saturated carbocycles. The fraction of sp³-hybridized carbons (Fsp3) is 0.481.